The van der Waals surface area contributed by atoms with Gasteiger partial charge in [-0.25, -0.2) is 4.98 Å². The van der Waals surface area contributed by atoms with Crippen LogP contribution in [0.25, 0.3) is 0 Å². The maximum Gasteiger partial charge on any atom is 0.272 e. The Morgan fingerprint density at radius 2 is 2.08 bits per heavy atom. The van der Waals surface area contributed by atoms with Crippen LogP contribution in [-0.4, -0.2) is 35.4 Å². The van der Waals surface area contributed by atoms with E-state index in [-0.39, 0.29) is 5.91 Å². The first kappa shape index (κ1) is 16.5. The summed E-state index contributed by atoms with van der Waals surface area (Å²) in [7, 11) is 0. The lowest BCUT2D eigenvalue weighted by Gasteiger charge is -2.30. The summed E-state index contributed by atoms with van der Waals surface area (Å²) in [4.78, 5) is 18.8. The number of rotatable bonds is 5. The van der Waals surface area contributed by atoms with Gasteiger partial charge in [-0.3, -0.25) is 4.79 Å². The minimum Gasteiger partial charge on any atom is -0.383 e. The predicted octanol–water partition coefficient (Wildman–Crippen LogP) is 3.61. The molecule has 0 spiro atoms. The summed E-state index contributed by atoms with van der Waals surface area (Å²) in [5, 5.41) is 3.36. The maximum absolute atomic E-state index is 12.5. The molecule has 4 heteroatoms. The van der Waals surface area contributed by atoms with Gasteiger partial charge in [0.1, 0.15) is 5.69 Å². The lowest BCUT2D eigenvalue weighted by molar-refractivity contribution is 0.0677. The molecule has 1 fully saturated rings. The fourth-order valence-corrected chi connectivity index (χ4v) is 3.16. The second-order valence-corrected chi connectivity index (χ2v) is 6.59. The maximum atomic E-state index is 12.5. The van der Waals surface area contributed by atoms with Crippen LogP contribution in [0.2, 0.25) is 0 Å². The molecule has 2 aromatic rings. The summed E-state index contributed by atoms with van der Waals surface area (Å²) >= 11 is 0. The van der Waals surface area contributed by atoms with Crippen LogP contribution >= 0.6 is 0 Å². The van der Waals surface area contributed by atoms with Crippen molar-refractivity contribution >= 4 is 11.6 Å². The largest absolute Gasteiger partial charge is 0.383 e. The number of aromatic nitrogens is 1. The van der Waals surface area contributed by atoms with Crippen molar-refractivity contribution in [2.45, 2.75) is 26.2 Å². The third-order valence-corrected chi connectivity index (χ3v) is 4.51. The Balaban J connectivity index is 1.52. The summed E-state index contributed by atoms with van der Waals surface area (Å²) < 4.78 is 0. The van der Waals surface area contributed by atoms with Crippen LogP contribution < -0.4 is 5.32 Å². The Morgan fingerprint density at radius 3 is 2.79 bits per heavy atom. The van der Waals surface area contributed by atoms with Gasteiger partial charge in [0.25, 0.3) is 5.91 Å². The lowest BCUT2D eigenvalue weighted by Crippen LogP contribution is -2.39. The van der Waals surface area contributed by atoms with Crippen molar-refractivity contribution in [1.29, 1.82) is 0 Å². The summed E-state index contributed by atoms with van der Waals surface area (Å²) in [6, 6.07) is 14.2. The fourth-order valence-electron chi connectivity index (χ4n) is 3.16. The molecule has 24 heavy (non-hydrogen) atoms. The van der Waals surface area contributed by atoms with E-state index in [1.54, 1.807) is 6.20 Å². The number of likely N-dealkylation sites (tertiary alicyclic amines) is 1. The number of hydrogen-bond donors (Lipinski definition) is 1. The third kappa shape index (κ3) is 4.34. The van der Waals surface area contributed by atoms with Gasteiger partial charge >= 0.3 is 0 Å². The van der Waals surface area contributed by atoms with Gasteiger partial charge in [-0.05, 0) is 42.9 Å². The number of carbonyl (C=O) groups excluding carboxylic acids is 1. The molecule has 0 bridgehead atoms. The normalized spacial score (nSPS) is 17.5. The number of hydrogen-bond acceptors (Lipinski definition) is 3. The number of pyridine rings is 1. The standard InChI is InChI=1S/C20H25N3O/c1-16-6-5-13-23(15-16)20(24)19-10-9-18(14-22-19)21-12-11-17-7-3-2-4-8-17/h2-4,7-10,14,16,21H,5-6,11-13,15H2,1H3. The molecule has 4 nitrogen and oxygen atoms in total. The van der Waals surface area contributed by atoms with Crippen LogP contribution in [-0.2, 0) is 6.42 Å². The third-order valence-electron chi connectivity index (χ3n) is 4.51. The van der Waals surface area contributed by atoms with E-state index in [0.29, 0.717) is 11.6 Å². The highest BCUT2D eigenvalue weighted by atomic mass is 16.2. The average molecular weight is 323 g/mol. The summed E-state index contributed by atoms with van der Waals surface area (Å²) in [5.41, 5.74) is 2.80. The summed E-state index contributed by atoms with van der Waals surface area (Å²) in [5.74, 6) is 0.638. The van der Waals surface area contributed by atoms with Crippen molar-refractivity contribution in [1.82, 2.24) is 9.88 Å². The monoisotopic (exact) mass is 323 g/mol. The topological polar surface area (TPSA) is 45.2 Å². The molecule has 3 rings (SSSR count). The molecular weight excluding hydrogens is 298 g/mol. The molecule has 1 unspecified atom stereocenters. The van der Waals surface area contributed by atoms with E-state index < -0.39 is 0 Å². The molecule has 1 aliphatic rings. The smallest absolute Gasteiger partial charge is 0.272 e. The molecule has 1 N–H and O–H groups in total. The predicted molar refractivity (Wildman–Crippen MR) is 97.2 cm³/mol. The summed E-state index contributed by atoms with van der Waals surface area (Å²) in [6.45, 7) is 4.74. The van der Waals surface area contributed by atoms with Crippen LogP contribution in [0.4, 0.5) is 5.69 Å². The number of nitrogens with zero attached hydrogens (tertiary/aromatic N) is 2. The van der Waals surface area contributed by atoms with Crippen LogP contribution in [0, 0.1) is 5.92 Å². The Hall–Kier alpha value is -2.36. The van der Waals surface area contributed by atoms with E-state index in [1.165, 1.54) is 12.0 Å². The first-order valence-corrected chi connectivity index (χ1v) is 8.75. The SMILES string of the molecule is CC1CCCN(C(=O)c2ccc(NCCc3ccccc3)cn2)C1. The zero-order valence-electron chi connectivity index (χ0n) is 14.2. The van der Waals surface area contributed by atoms with E-state index in [2.05, 4.69) is 41.5 Å². The second kappa shape index (κ2) is 7.95. The van der Waals surface area contributed by atoms with Gasteiger partial charge in [-0.1, -0.05) is 37.3 Å². The molecule has 126 valence electrons. The number of benzene rings is 1. The number of nitrogens with one attached hydrogen (secondary N) is 1. The Labute approximate surface area is 143 Å². The van der Waals surface area contributed by atoms with Gasteiger partial charge in [0, 0.05) is 19.6 Å². The van der Waals surface area contributed by atoms with Crippen LogP contribution in [0.15, 0.2) is 48.7 Å². The highest BCUT2D eigenvalue weighted by Crippen LogP contribution is 2.17. The van der Waals surface area contributed by atoms with Gasteiger partial charge in [0.15, 0.2) is 0 Å². The van der Waals surface area contributed by atoms with Crippen molar-refractivity contribution in [3.05, 3.63) is 59.9 Å². The van der Waals surface area contributed by atoms with E-state index in [9.17, 15) is 4.79 Å². The molecule has 0 radical (unpaired) electrons. The first-order chi connectivity index (χ1) is 11.7. The Bertz CT molecular complexity index is 654. The lowest BCUT2D eigenvalue weighted by atomic mass is 10.00. The number of anilines is 1. The van der Waals surface area contributed by atoms with Crippen molar-refractivity contribution in [3.63, 3.8) is 0 Å². The second-order valence-electron chi connectivity index (χ2n) is 6.59. The number of amides is 1. The van der Waals surface area contributed by atoms with E-state index in [4.69, 9.17) is 0 Å². The van der Waals surface area contributed by atoms with E-state index in [1.807, 2.05) is 23.1 Å². The van der Waals surface area contributed by atoms with Gasteiger partial charge in [-0.2, -0.15) is 0 Å². The van der Waals surface area contributed by atoms with Crippen molar-refractivity contribution in [2.75, 3.05) is 25.0 Å². The highest BCUT2D eigenvalue weighted by Gasteiger charge is 2.22. The minimum absolute atomic E-state index is 0.0531. The van der Waals surface area contributed by atoms with Gasteiger partial charge in [-0.15, -0.1) is 0 Å². The molecule has 1 aromatic heterocycles. The quantitative estimate of drug-likeness (QED) is 0.914. The van der Waals surface area contributed by atoms with E-state index >= 15 is 0 Å². The average Bonchev–Trinajstić information content (AvgIpc) is 2.63. The zero-order valence-corrected chi connectivity index (χ0v) is 14.2. The molecule has 0 aliphatic carbocycles. The van der Waals surface area contributed by atoms with Gasteiger partial charge < -0.3 is 10.2 Å². The minimum atomic E-state index is 0.0531. The Kier molecular flexibility index (Phi) is 5.47. The molecule has 1 amide bonds. The van der Waals surface area contributed by atoms with Crippen molar-refractivity contribution in [3.8, 4) is 0 Å². The Morgan fingerprint density at radius 1 is 1.25 bits per heavy atom. The zero-order chi connectivity index (χ0) is 16.8. The molecular formula is C20H25N3O. The molecule has 1 saturated heterocycles. The van der Waals surface area contributed by atoms with Gasteiger partial charge in [0.2, 0.25) is 0 Å². The molecule has 2 heterocycles. The molecule has 1 aromatic carbocycles. The summed E-state index contributed by atoms with van der Waals surface area (Å²) in [6.07, 6.45) is 5.02. The van der Waals surface area contributed by atoms with E-state index in [0.717, 1.165) is 38.2 Å². The first-order valence-electron chi connectivity index (χ1n) is 8.75. The van der Waals surface area contributed by atoms with Crippen molar-refractivity contribution in [2.24, 2.45) is 5.92 Å². The van der Waals surface area contributed by atoms with Crippen LogP contribution in [0.1, 0.15) is 35.8 Å². The van der Waals surface area contributed by atoms with Crippen LogP contribution in [0.5, 0.6) is 0 Å². The van der Waals surface area contributed by atoms with Crippen LogP contribution in [0.3, 0.4) is 0 Å². The number of piperidine rings is 1. The molecule has 1 aliphatic heterocycles. The molecule has 0 saturated carbocycles. The highest BCUT2D eigenvalue weighted by molar-refractivity contribution is 5.92. The fraction of sp³-hybridized carbons (Fsp3) is 0.400. The van der Waals surface area contributed by atoms with Crippen molar-refractivity contribution < 1.29 is 4.79 Å². The number of carbonyl (C=O) groups is 1. The van der Waals surface area contributed by atoms with Gasteiger partial charge in [0.05, 0.1) is 11.9 Å². The molecule has 1 atom stereocenters.